The number of hydrogen-bond acceptors (Lipinski definition) is 3. The zero-order valence-corrected chi connectivity index (χ0v) is 7.71. The van der Waals surface area contributed by atoms with E-state index in [9.17, 15) is 4.39 Å². The van der Waals surface area contributed by atoms with Gasteiger partial charge in [-0.2, -0.15) is 0 Å². The Morgan fingerprint density at radius 3 is 2.69 bits per heavy atom. The molecule has 1 aromatic rings. The van der Waals surface area contributed by atoms with Crippen LogP contribution in [0.3, 0.4) is 0 Å². The van der Waals surface area contributed by atoms with E-state index in [2.05, 4.69) is 4.98 Å². The molecular formula is C9H13FN2O. The number of aromatic nitrogens is 1. The number of aliphatic hydroxyl groups is 1. The molecule has 0 bridgehead atoms. The lowest BCUT2D eigenvalue weighted by Crippen LogP contribution is -2.38. The van der Waals surface area contributed by atoms with Crippen LogP contribution in [0.25, 0.3) is 0 Å². The summed E-state index contributed by atoms with van der Waals surface area (Å²) >= 11 is 0. The molecule has 4 heteroatoms. The van der Waals surface area contributed by atoms with E-state index in [4.69, 9.17) is 10.8 Å². The van der Waals surface area contributed by atoms with E-state index in [-0.39, 0.29) is 12.4 Å². The van der Waals surface area contributed by atoms with Crippen molar-refractivity contribution >= 4 is 0 Å². The Labute approximate surface area is 76.4 Å². The average Bonchev–Trinajstić information content (AvgIpc) is 2.09. The minimum atomic E-state index is -0.904. The first-order valence-electron chi connectivity index (χ1n) is 4.01. The molecule has 1 heterocycles. The van der Waals surface area contributed by atoms with Gasteiger partial charge in [-0.05, 0) is 26.0 Å². The van der Waals surface area contributed by atoms with Crippen molar-refractivity contribution in [2.24, 2.45) is 5.73 Å². The number of aryl methyl sites for hydroxylation is 1. The molecule has 72 valence electrons. The van der Waals surface area contributed by atoms with Gasteiger partial charge in [-0.1, -0.05) is 0 Å². The lowest BCUT2D eigenvalue weighted by atomic mass is 10.00. The summed E-state index contributed by atoms with van der Waals surface area (Å²) in [5.74, 6) is -0.363. The number of nitrogens with zero attached hydrogens (tertiary/aromatic N) is 1. The number of nitrogens with two attached hydrogens (primary N) is 1. The molecule has 13 heavy (non-hydrogen) atoms. The van der Waals surface area contributed by atoms with Crippen molar-refractivity contribution in [3.8, 4) is 0 Å². The third-order valence-corrected chi connectivity index (χ3v) is 1.93. The number of halogens is 1. The standard InChI is InChI=1S/C9H13FN2O/c1-6-7(10)3-4-8(12-6)9(2,11)5-13/h3-4,13H,5,11H2,1-2H3. The maximum Gasteiger partial charge on any atom is 0.144 e. The molecule has 0 spiro atoms. The lowest BCUT2D eigenvalue weighted by molar-refractivity contribution is 0.206. The summed E-state index contributed by atoms with van der Waals surface area (Å²) in [6.45, 7) is 2.99. The molecule has 3 nitrogen and oxygen atoms in total. The minimum absolute atomic E-state index is 0.217. The quantitative estimate of drug-likeness (QED) is 0.711. The van der Waals surface area contributed by atoms with Gasteiger partial charge in [0.15, 0.2) is 0 Å². The van der Waals surface area contributed by atoms with Crippen molar-refractivity contribution in [3.05, 3.63) is 29.3 Å². The fourth-order valence-electron chi connectivity index (χ4n) is 0.943. The molecule has 0 radical (unpaired) electrons. The second-order valence-corrected chi connectivity index (χ2v) is 3.34. The fraction of sp³-hybridized carbons (Fsp3) is 0.444. The maximum absolute atomic E-state index is 12.8. The van der Waals surface area contributed by atoms with Crippen LogP contribution in [0.15, 0.2) is 12.1 Å². The molecule has 1 atom stereocenters. The molecule has 0 saturated carbocycles. The van der Waals surface area contributed by atoms with Crippen LogP contribution in [0.4, 0.5) is 4.39 Å². The minimum Gasteiger partial charge on any atom is -0.394 e. The molecule has 0 aliphatic heterocycles. The van der Waals surface area contributed by atoms with E-state index in [1.807, 2.05) is 0 Å². The lowest BCUT2D eigenvalue weighted by Gasteiger charge is -2.21. The molecule has 0 fully saturated rings. The molecule has 0 aliphatic carbocycles. The van der Waals surface area contributed by atoms with Gasteiger partial charge in [0, 0.05) is 0 Å². The zero-order valence-electron chi connectivity index (χ0n) is 7.71. The Morgan fingerprint density at radius 2 is 2.23 bits per heavy atom. The molecule has 0 aliphatic rings. The van der Waals surface area contributed by atoms with Crippen LogP contribution < -0.4 is 5.73 Å². The number of pyridine rings is 1. The van der Waals surface area contributed by atoms with E-state index in [1.165, 1.54) is 12.1 Å². The predicted octanol–water partition coefficient (Wildman–Crippen LogP) is 0.695. The van der Waals surface area contributed by atoms with Gasteiger partial charge in [0.05, 0.1) is 23.5 Å². The second kappa shape index (κ2) is 3.40. The predicted molar refractivity (Wildman–Crippen MR) is 47.6 cm³/mol. The van der Waals surface area contributed by atoms with Gasteiger partial charge in [0.1, 0.15) is 5.82 Å². The summed E-state index contributed by atoms with van der Waals surface area (Å²) in [5, 5.41) is 8.95. The third kappa shape index (κ3) is 2.02. The van der Waals surface area contributed by atoms with Gasteiger partial charge in [0.2, 0.25) is 0 Å². The van der Waals surface area contributed by atoms with Crippen LogP contribution in [0.2, 0.25) is 0 Å². The van der Waals surface area contributed by atoms with E-state index in [0.29, 0.717) is 11.4 Å². The van der Waals surface area contributed by atoms with E-state index < -0.39 is 5.54 Å². The first-order chi connectivity index (χ1) is 5.97. The number of hydrogen-bond donors (Lipinski definition) is 2. The van der Waals surface area contributed by atoms with Crippen LogP contribution in [-0.2, 0) is 5.54 Å². The van der Waals surface area contributed by atoms with Crippen molar-refractivity contribution in [2.75, 3.05) is 6.61 Å². The van der Waals surface area contributed by atoms with Crippen LogP contribution in [0.1, 0.15) is 18.3 Å². The molecule has 0 saturated heterocycles. The van der Waals surface area contributed by atoms with E-state index in [0.717, 1.165) is 0 Å². The van der Waals surface area contributed by atoms with Gasteiger partial charge in [0.25, 0.3) is 0 Å². The Bertz CT molecular complexity index is 312. The highest BCUT2D eigenvalue weighted by molar-refractivity contribution is 5.18. The summed E-state index contributed by atoms with van der Waals surface area (Å²) in [6.07, 6.45) is 0. The van der Waals surface area contributed by atoms with Crippen molar-refractivity contribution in [2.45, 2.75) is 19.4 Å². The molecular weight excluding hydrogens is 171 g/mol. The summed E-state index contributed by atoms with van der Waals surface area (Å²) < 4.78 is 12.8. The largest absolute Gasteiger partial charge is 0.394 e. The summed E-state index contributed by atoms with van der Waals surface area (Å²) in [6, 6.07) is 2.79. The Kier molecular flexibility index (Phi) is 2.63. The highest BCUT2D eigenvalue weighted by Crippen LogP contribution is 2.15. The normalized spacial score (nSPS) is 15.5. The SMILES string of the molecule is Cc1nc(C(C)(N)CO)ccc1F. The van der Waals surface area contributed by atoms with Crippen molar-refractivity contribution < 1.29 is 9.50 Å². The molecule has 3 N–H and O–H groups in total. The topological polar surface area (TPSA) is 59.1 Å². The van der Waals surface area contributed by atoms with Gasteiger partial charge >= 0.3 is 0 Å². The molecule has 1 rings (SSSR count). The van der Waals surface area contributed by atoms with Crippen molar-refractivity contribution in [3.63, 3.8) is 0 Å². The van der Waals surface area contributed by atoms with Crippen LogP contribution in [0, 0.1) is 12.7 Å². The third-order valence-electron chi connectivity index (χ3n) is 1.93. The maximum atomic E-state index is 12.8. The van der Waals surface area contributed by atoms with Gasteiger partial charge in [-0.15, -0.1) is 0 Å². The van der Waals surface area contributed by atoms with Crippen molar-refractivity contribution in [1.82, 2.24) is 4.98 Å². The van der Waals surface area contributed by atoms with Gasteiger partial charge in [-0.25, -0.2) is 4.39 Å². The van der Waals surface area contributed by atoms with E-state index >= 15 is 0 Å². The van der Waals surface area contributed by atoms with Crippen LogP contribution >= 0.6 is 0 Å². The fourth-order valence-corrected chi connectivity index (χ4v) is 0.943. The average molecular weight is 184 g/mol. The van der Waals surface area contributed by atoms with Crippen molar-refractivity contribution in [1.29, 1.82) is 0 Å². The van der Waals surface area contributed by atoms with Gasteiger partial charge in [-0.3, -0.25) is 4.98 Å². The smallest absolute Gasteiger partial charge is 0.144 e. The summed E-state index contributed by atoms with van der Waals surface area (Å²) in [5.41, 5.74) is 5.61. The Balaban J connectivity index is 3.10. The van der Waals surface area contributed by atoms with Crippen LogP contribution in [-0.4, -0.2) is 16.7 Å². The zero-order chi connectivity index (χ0) is 10.1. The molecule has 1 aromatic heterocycles. The molecule has 1 unspecified atom stereocenters. The van der Waals surface area contributed by atoms with E-state index in [1.54, 1.807) is 13.8 Å². The highest BCUT2D eigenvalue weighted by Gasteiger charge is 2.22. The second-order valence-electron chi connectivity index (χ2n) is 3.34. The van der Waals surface area contributed by atoms with Gasteiger partial charge < -0.3 is 10.8 Å². The summed E-state index contributed by atoms with van der Waals surface area (Å²) in [4.78, 5) is 3.96. The first kappa shape index (κ1) is 10.1. The number of aliphatic hydroxyl groups excluding tert-OH is 1. The summed E-state index contributed by atoms with van der Waals surface area (Å²) in [7, 11) is 0. The first-order valence-corrected chi connectivity index (χ1v) is 4.01. The Morgan fingerprint density at radius 1 is 1.62 bits per heavy atom. The van der Waals surface area contributed by atoms with Crippen LogP contribution in [0.5, 0.6) is 0 Å². The molecule has 0 amide bonds. The molecule has 0 aromatic carbocycles. The monoisotopic (exact) mass is 184 g/mol. The number of rotatable bonds is 2. The highest BCUT2D eigenvalue weighted by atomic mass is 19.1. The Hall–Kier alpha value is -1.00.